The number of H-pyrrole nitrogens is 1. The van der Waals surface area contributed by atoms with Crippen LogP contribution in [0.4, 0.5) is 0 Å². The summed E-state index contributed by atoms with van der Waals surface area (Å²) in [5.74, 6) is -0.290. The van der Waals surface area contributed by atoms with Crippen LogP contribution in [-0.2, 0) is 0 Å². The standard InChI is InChI=1S/C19H19N7O2/c1-11-6-4-5-7-16(11)25-13(3)14(9-22-25)12(2)24-17(27)15-8-20-19-21-10-23-26(19)18(15)28/h4-10,12H,1-3H3,(H,24,27)(H,20,21,23)/t12-/m0/s1. The molecule has 28 heavy (non-hydrogen) atoms. The minimum absolute atomic E-state index is 0.0578. The number of aryl methyl sites for hydroxylation is 1. The van der Waals surface area contributed by atoms with Crippen LogP contribution in [0.2, 0.25) is 0 Å². The van der Waals surface area contributed by atoms with Crippen molar-refractivity contribution in [2.75, 3.05) is 0 Å². The summed E-state index contributed by atoms with van der Waals surface area (Å²) in [5, 5.41) is 9.97. The third kappa shape index (κ3) is 2.86. The highest BCUT2D eigenvalue weighted by Gasteiger charge is 2.20. The van der Waals surface area contributed by atoms with Crippen LogP contribution in [0.15, 0.2) is 47.8 Å². The van der Waals surface area contributed by atoms with Gasteiger partial charge in [-0.25, -0.2) is 14.6 Å². The Morgan fingerprint density at radius 2 is 1.96 bits per heavy atom. The Balaban J connectivity index is 1.61. The molecule has 0 aliphatic rings. The highest BCUT2D eigenvalue weighted by Crippen LogP contribution is 2.22. The number of fused-ring (bicyclic) bond motifs is 1. The zero-order chi connectivity index (χ0) is 19.8. The van der Waals surface area contributed by atoms with Crippen LogP contribution in [0.25, 0.3) is 11.5 Å². The van der Waals surface area contributed by atoms with Crippen LogP contribution in [0.5, 0.6) is 0 Å². The first-order chi connectivity index (χ1) is 13.5. The number of benzene rings is 1. The van der Waals surface area contributed by atoms with Crippen LogP contribution in [-0.4, -0.2) is 35.3 Å². The second kappa shape index (κ2) is 6.76. The molecule has 0 radical (unpaired) electrons. The zero-order valence-electron chi connectivity index (χ0n) is 15.7. The first kappa shape index (κ1) is 17.7. The Morgan fingerprint density at radius 3 is 2.75 bits per heavy atom. The Labute approximate surface area is 160 Å². The smallest absolute Gasteiger partial charge is 0.286 e. The number of aromatic amines is 1. The van der Waals surface area contributed by atoms with E-state index in [0.717, 1.165) is 27.0 Å². The lowest BCUT2D eigenvalue weighted by molar-refractivity contribution is 0.0937. The van der Waals surface area contributed by atoms with E-state index >= 15 is 0 Å². The highest BCUT2D eigenvalue weighted by atomic mass is 16.2. The Bertz CT molecular complexity index is 1230. The summed E-state index contributed by atoms with van der Waals surface area (Å²) in [5.41, 5.74) is 3.31. The summed E-state index contributed by atoms with van der Waals surface area (Å²) in [4.78, 5) is 33.0. The second-order valence-corrected chi connectivity index (χ2v) is 6.58. The summed E-state index contributed by atoms with van der Waals surface area (Å²) in [6, 6.07) is 7.61. The second-order valence-electron chi connectivity index (χ2n) is 6.58. The summed E-state index contributed by atoms with van der Waals surface area (Å²) in [6.45, 7) is 5.82. The molecule has 0 aliphatic heterocycles. The van der Waals surface area contributed by atoms with Crippen molar-refractivity contribution in [3.63, 3.8) is 0 Å². The maximum absolute atomic E-state index is 12.6. The van der Waals surface area contributed by atoms with Crippen molar-refractivity contribution in [2.24, 2.45) is 0 Å². The predicted molar refractivity (Wildman–Crippen MR) is 103 cm³/mol. The number of rotatable bonds is 4. The van der Waals surface area contributed by atoms with E-state index in [-0.39, 0.29) is 17.4 Å². The van der Waals surface area contributed by atoms with Crippen LogP contribution in [0.1, 0.15) is 40.1 Å². The molecule has 3 aromatic heterocycles. The zero-order valence-corrected chi connectivity index (χ0v) is 15.7. The van der Waals surface area contributed by atoms with Crippen LogP contribution in [0, 0.1) is 13.8 Å². The normalized spacial score (nSPS) is 12.2. The number of carbonyl (C=O) groups excluding carboxylic acids is 1. The van der Waals surface area contributed by atoms with Gasteiger partial charge in [0.05, 0.1) is 17.9 Å². The van der Waals surface area contributed by atoms with Crippen molar-refractivity contribution >= 4 is 11.7 Å². The van der Waals surface area contributed by atoms with Crippen molar-refractivity contribution in [1.29, 1.82) is 0 Å². The maximum Gasteiger partial charge on any atom is 0.286 e. The van der Waals surface area contributed by atoms with E-state index in [9.17, 15) is 9.59 Å². The van der Waals surface area contributed by atoms with Gasteiger partial charge >= 0.3 is 0 Å². The van der Waals surface area contributed by atoms with Gasteiger partial charge in [0.15, 0.2) is 0 Å². The Morgan fingerprint density at radius 1 is 1.18 bits per heavy atom. The molecule has 0 saturated heterocycles. The average molecular weight is 377 g/mol. The largest absolute Gasteiger partial charge is 0.345 e. The first-order valence-corrected chi connectivity index (χ1v) is 8.80. The number of amides is 1. The van der Waals surface area contributed by atoms with Crippen molar-refractivity contribution in [2.45, 2.75) is 26.8 Å². The maximum atomic E-state index is 12.6. The molecule has 1 aromatic carbocycles. The molecular formula is C19H19N7O2. The Kier molecular flexibility index (Phi) is 4.26. The van der Waals surface area contributed by atoms with Gasteiger partial charge in [0.1, 0.15) is 11.9 Å². The molecule has 9 nitrogen and oxygen atoms in total. The summed E-state index contributed by atoms with van der Waals surface area (Å²) < 4.78 is 2.97. The number of aromatic nitrogens is 6. The summed E-state index contributed by atoms with van der Waals surface area (Å²) in [6.07, 6.45) is 4.32. The molecule has 0 saturated carbocycles. The van der Waals surface area contributed by atoms with E-state index in [1.807, 2.05) is 49.7 Å². The predicted octanol–water partition coefficient (Wildman–Crippen LogP) is 1.71. The van der Waals surface area contributed by atoms with E-state index in [0.29, 0.717) is 0 Å². The SMILES string of the molecule is Cc1ccccc1-n1ncc([C@H](C)NC(=O)c2cnc3nc[nH]n3c2=O)c1C. The van der Waals surface area contributed by atoms with Gasteiger partial charge in [-0.1, -0.05) is 18.2 Å². The number of hydrogen-bond acceptors (Lipinski definition) is 5. The van der Waals surface area contributed by atoms with Crippen LogP contribution in [0.3, 0.4) is 0 Å². The van der Waals surface area contributed by atoms with Gasteiger partial charge in [-0.3, -0.25) is 14.7 Å². The molecule has 1 atom stereocenters. The molecule has 142 valence electrons. The molecule has 4 aromatic rings. The van der Waals surface area contributed by atoms with Gasteiger partial charge < -0.3 is 5.32 Å². The van der Waals surface area contributed by atoms with Crippen molar-refractivity contribution in [3.8, 4) is 5.69 Å². The monoisotopic (exact) mass is 377 g/mol. The summed E-state index contributed by atoms with van der Waals surface area (Å²) in [7, 11) is 0. The fraction of sp³-hybridized carbons (Fsp3) is 0.211. The van der Waals surface area contributed by atoms with E-state index in [1.54, 1.807) is 6.20 Å². The molecule has 9 heteroatoms. The van der Waals surface area contributed by atoms with Gasteiger partial charge in [0.25, 0.3) is 17.2 Å². The van der Waals surface area contributed by atoms with E-state index in [2.05, 4.69) is 25.5 Å². The molecular weight excluding hydrogens is 358 g/mol. The first-order valence-electron chi connectivity index (χ1n) is 8.80. The lowest BCUT2D eigenvalue weighted by Crippen LogP contribution is -2.33. The van der Waals surface area contributed by atoms with E-state index in [4.69, 9.17) is 0 Å². The lowest BCUT2D eigenvalue weighted by Gasteiger charge is -2.14. The molecule has 0 aliphatic carbocycles. The fourth-order valence-electron chi connectivity index (χ4n) is 3.20. The van der Waals surface area contributed by atoms with Gasteiger partial charge in [-0.2, -0.15) is 9.61 Å². The molecule has 0 unspecified atom stereocenters. The van der Waals surface area contributed by atoms with Gasteiger partial charge in [0.2, 0.25) is 0 Å². The quantitative estimate of drug-likeness (QED) is 0.563. The Hall–Kier alpha value is -3.75. The van der Waals surface area contributed by atoms with E-state index in [1.165, 1.54) is 12.5 Å². The number of hydrogen-bond donors (Lipinski definition) is 2. The summed E-state index contributed by atoms with van der Waals surface area (Å²) >= 11 is 0. The average Bonchev–Trinajstić information content (AvgIpc) is 3.29. The van der Waals surface area contributed by atoms with E-state index < -0.39 is 11.5 Å². The number of carbonyl (C=O) groups is 1. The van der Waals surface area contributed by atoms with Crippen molar-refractivity contribution in [3.05, 3.63) is 75.7 Å². The third-order valence-corrected chi connectivity index (χ3v) is 4.76. The molecule has 4 rings (SSSR count). The molecule has 0 spiro atoms. The third-order valence-electron chi connectivity index (χ3n) is 4.76. The van der Waals surface area contributed by atoms with Crippen LogP contribution >= 0.6 is 0 Å². The highest BCUT2D eigenvalue weighted by molar-refractivity contribution is 5.93. The molecule has 3 heterocycles. The fourth-order valence-corrected chi connectivity index (χ4v) is 3.20. The minimum atomic E-state index is -0.503. The number of nitrogens with zero attached hydrogens (tertiary/aromatic N) is 5. The van der Waals surface area contributed by atoms with Crippen LogP contribution < -0.4 is 10.9 Å². The van der Waals surface area contributed by atoms with Gasteiger partial charge in [-0.05, 0) is 32.4 Å². The minimum Gasteiger partial charge on any atom is -0.345 e. The molecule has 2 N–H and O–H groups in total. The van der Waals surface area contributed by atoms with Crippen molar-refractivity contribution < 1.29 is 4.79 Å². The van der Waals surface area contributed by atoms with Gasteiger partial charge in [0, 0.05) is 17.5 Å². The molecule has 1 amide bonds. The molecule has 0 bridgehead atoms. The van der Waals surface area contributed by atoms with Gasteiger partial charge in [-0.15, -0.1) is 0 Å². The molecule has 0 fully saturated rings. The lowest BCUT2D eigenvalue weighted by atomic mass is 10.1. The van der Waals surface area contributed by atoms with Crippen molar-refractivity contribution in [1.82, 2.24) is 34.7 Å². The number of para-hydroxylation sites is 1. The topological polar surface area (TPSA) is 110 Å². The number of nitrogens with one attached hydrogen (secondary N) is 2.